The maximum Gasteiger partial charge on any atom is 0.213 e. The van der Waals surface area contributed by atoms with Gasteiger partial charge in [0.25, 0.3) is 0 Å². The molecule has 1 saturated carbocycles. The monoisotopic (exact) mass is 540 g/mol. The van der Waals surface area contributed by atoms with E-state index in [1.54, 1.807) is 14.2 Å². The van der Waals surface area contributed by atoms with Gasteiger partial charge >= 0.3 is 0 Å². The first kappa shape index (κ1) is 25.8. The van der Waals surface area contributed by atoms with Gasteiger partial charge in [-0.05, 0) is 37.8 Å². The lowest BCUT2D eigenvalue weighted by atomic mass is 9.86. The molecule has 0 aromatic heterocycles. The summed E-state index contributed by atoms with van der Waals surface area (Å²) in [6, 6.07) is 7.46. The molecule has 0 radical (unpaired) electrons. The Hall–Kier alpha value is -1.27. The number of hydrogen-bond acceptors (Lipinski definition) is 5. The van der Waals surface area contributed by atoms with E-state index in [1.807, 2.05) is 31.2 Å². The van der Waals surface area contributed by atoms with Crippen molar-refractivity contribution in [2.45, 2.75) is 32.3 Å². The maximum atomic E-state index is 12.0. The Labute approximate surface area is 191 Å². The van der Waals surface area contributed by atoms with Gasteiger partial charge in [0.1, 0.15) is 6.10 Å². The van der Waals surface area contributed by atoms with Crippen molar-refractivity contribution in [1.29, 1.82) is 0 Å². The third-order valence-corrected chi connectivity index (χ3v) is 6.01. The van der Waals surface area contributed by atoms with Crippen molar-refractivity contribution >= 4 is 40.0 Å². The normalized spacial score (nSPS) is 15.6. The highest BCUT2D eigenvalue weighted by molar-refractivity contribution is 14.0. The second-order valence-corrected chi connectivity index (χ2v) is 8.85. The van der Waals surface area contributed by atoms with Gasteiger partial charge < -0.3 is 20.1 Å². The zero-order chi connectivity index (χ0) is 20.4. The van der Waals surface area contributed by atoms with Crippen LogP contribution in [0.15, 0.2) is 29.3 Å². The molecule has 0 heterocycles. The molecule has 166 valence electrons. The van der Waals surface area contributed by atoms with Gasteiger partial charge in [-0.15, -0.1) is 24.0 Å². The number of methoxy groups -OCH3 is 1. The molecular formula is C19H33IN4O4S. The Kier molecular flexibility index (Phi) is 11.7. The number of ether oxygens (including phenoxy) is 2. The lowest BCUT2D eigenvalue weighted by Gasteiger charge is -2.25. The molecule has 1 unspecified atom stereocenters. The van der Waals surface area contributed by atoms with E-state index in [1.165, 1.54) is 6.42 Å². The second-order valence-electron chi connectivity index (χ2n) is 6.92. The number of aliphatic imine (C=N–C) groups is 1. The SMILES string of the molecule is CN=C(NCCS(=O)(=O)NCC1CCC1)NCC(C)Oc1ccccc1OC.I. The fourth-order valence-electron chi connectivity index (χ4n) is 2.75. The fraction of sp³-hybridized carbons (Fsp3) is 0.632. The van der Waals surface area contributed by atoms with Gasteiger partial charge in [-0.2, -0.15) is 0 Å². The summed E-state index contributed by atoms with van der Waals surface area (Å²) >= 11 is 0. The van der Waals surface area contributed by atoms with Gasteiger partial charge in [-0.3, -0.25) is 4.99 Å². The maximum absolute atomic E-state index is 12.0. The first-order chi connectivity index (χ1) is 13.4. The smallest absolute Gasteiger partial charge is 0.213 e. The molecule has 1 atom stereocenters. The predicted octanol–water partition coefficient (Wildman–Crippen LogP) is 1.96. The number of hydrogen-bond donors (Lipinski definition) is 3. The summed E-state index contributed by atoms with van der Waals surface area (Å²) in [5.74, 6) is 2.39. The van der Waals surface area contributed by atoms with Crippen molar-refractivity contribution in [3.63, 3.8) is 0 Å². The van der Waals surface area contributed by atoms with Crippen LogP contribution in [0.4, 0.5) is 0 Å². The van der Waals surface area contributed by atoms with E-state index in [0.717, 1.165) is 12.8 Å². The minimum absolute atomic E-state index is 0. The first-order valence-corrected chi connectivity index (χ1v) is 11.3. The van der Waals surface area contributed by atoms with Crippen LogP contribution in [0.5, 0.6) is 11.5 Å². The van der Waals surface area contributed by atoms with Crippen LogP contribution in [-0.4, -0.2) is 60.0 Å². The molecule has 0 saturated heterocycles. The molecular weight excluding hydrogens is 507 g/mol. The third kappa shape index (κ3) is 9.39. The summed E-state index contributed by atoms with van der Waals surface area (Å²) in [5, 5.41) is 6.16. The summed E-state index contributed by atoms with van der Waals surface area (Å²) in [4.78, 5) is 4.12. The zero-order valence-electron chi connectivity index (χ0n) is 17.3. The topological polar surface area (TPSA) is 101 Å². The number of nitrogens with zero attached hydrogens (tertiary/aromatic N) is 1. The van der Waals surface area contributed by atoms with Crippen LogP contribution >= 0.6 is 24.0 Å². The van der Waals surface area contributed by atoms with E-state index in [-0.39, 0.29) is 42.4 Å². The molecule has 10 heteroatoms. The number of halogens is 1. The van der Waals surface area contributed by atoms with Crippen molar-refractivity contribution in [2.75, 3.05) is 39.5 Å². The Morgan fingerprint density at radius 1 is 1.24 bits per heavy atom. The van der Waals surface area contributed by atoms with Crippen molar-refractivity contribution in [3.05, 3.63) is 24.3 Å². The number of rotatable bonds is 11. The average molecular weight is 540 g/mol. The van der Waals surface area contributed by atoms with Crippen LogP contribution in [0.25, 0.3) is 0 Å². The Morgan fingerprint density at radius 2 is 1.93 bits per heavy atom. The van der Waals surface area contributed by atoms with Crippen LogP contribution in [0.3, 0.4) is 0 Å². The molecule has 1 fully saturated rings. The van der Waals surface area contributed by atoms with Crippen LogP contribution in [0, 0.1) is 5.92 Å². The van der Waals surface area contributed by atoms with Crippen molar-refractivity contribution < 1.29 is 17.9 Å². The van der Waals surface area contributed by atoms with Gasteiger partial charge in [0, 0.05) is 20.1 Å². The van der Waals surface area contributed by atoms with E-state index < -0.39 is 10.0 Å². The standard InChI is InChI=1S/C19H32N4O4S.HI/c1-15(27-18-10-5-4-9-17(18)26-3)13-22-19(20-2)21-11-12-28(24,25)23-14-16-7-6-8-16;/h4-5,9-10,15-16,23H,6-8,11-14H2,1-3H3,(H2,20,21,22);1H. The third-order valence-electron chi connectivity index (χ3n) is 4.66. The van der Waals surface area contributed by atoms with Gasteiger partial charge in [-0.25, -0.2) is 13.1 Å². The molecule has 1 aromatic carbocycles. The Morgan fingerprint density at radius 3 is 2.52 bits per heavy atom. The van der Waals surface area contributed by atoms with E-state index in [9.17, 15) is 8.42 Å². The zero-order valence-corrected chi connectivity index (χ0v) is 20.5. The van der Waals surface area contributed by atoms with Gasteiger partial charge in [0.2, 0.25) is 10.0 Å². The summed E-state index contributed by atoms with van der Waals surface area (Å²) in [5.41, 5.74) is 0. The molecule has 3 N–H and O–H groups in total. The van der Waals surface area contributed by atoms with Crippen LogP contribution in [0.2, 0.25) is 0 Å². The van der Waals surface area contributed by atoms with Crippen molar-refractivity contribution in [2.24, 2.45) is 10.9 Å². The highest BCUT2D eigenvalue weighted by Crippen LogP contribution is 2.26. The van der Waals surface area contributed by atoms with E-state index in [2.05, 4.69) is 20.3 Å². The summed E-state index contributed by atoms with van der Waals surface area (Å²) in [7, 11) is -0.0238. The Balaban J connectivity index is 0.00000420. The van der Waals surface area contributed by atoms with E-state index in [4.69, 9.17) is 9.47 Å². The average Bonchev–Trinajstić information content (AvgIpc) is 2.63. The van der Waals surface area contributed by atoms with Crippen LogP contribution in [0.1, 0.15) is 26.2 Å². The largest absolute Gasteiger partial charge is 0.493 e. The lowest BCUT2D eigenvalue weighted by molar-refractivity contribution is 0.213. The molecule has 0 aliphatic heterocycles. The molecule has 2 rings (SSSR count). The molecule has 1 aromatic rings. The molecule has 8 nitrogen and oxygen atoms in total. The number of guanidine groups is 1. The number of benzene rings is 1. The van der Waals surface area contributed by atoms with E-state index in [0.29, 0.717) is 36.5 Å². The molecule has 0 bridgehead atoms. The van der Waals surface area contributed by atoms with Crippen molar-refractivity contribution in [3.8, 4) is 11.5 Å². The van der Waals surface area contributed by atoms with Gasteiger partial charge in [0.15, 0.2) is 17.5 Å². The molecule has 0 spiro atoms. The molecule has 29 heavy (non-hydrogen) atoms. The quantitative estimate of drug-likeness (QED) is 0.226. The number of sulfonamides is 1. The summed E-state index contributed by atoms with van der Waals surface area (Å²) in [6.07, 6.45) is 3.30. The summed E-state index contributed by atoms with van der Waals surface area (Å²) in [6.45, 7) is 3.26. The highest BCUT2D eigenvalue weighted by atomic mass is 127. The molecule has 1 aliphatic rings. The second kappa shape index (κ2) is 13.1. The first-order valence-electron chi connectivity index (χ1n) is 9.65. The van der Waals surface area contributed by atoms with Crippen molar-refractivity contribution in [1.82, 2.24) is 15.4 Å². The van der Waals surface area contributed by atoms with Crippen LogP contribution in [-0.2, 0) is 10.0 Å². The number of nitrogens with one attached hydrogen (secondary N) is 3. The number of para-hydroxylation sites is 2. The fourth-order valence-corrected chi connectivity index (χ4v) is 3.76. The van der Waals surface area contributed by atoms with Crippen LogP contribution < -0.4 is 24.8 Å². The van der Waals surface area contributed by atoms with Gasteiger partial charge in [0.05, 0.1) is 19.4 Å². The van der Waals surface area contributed by atoms with E-state index >= 15 is 0 Å². The summed E-state index contributed by atoms with van der Waals surface area (Å²) < 4.78 is 37.9. The van der Waals surface area contributed by atoms with Gasteiger partial charge in [-0.1, -0.05) is 18.6 Å². The minimum atomic E-state index is -3.27. The minimum Gasteiger partial charge on any atom is -0.493 e. The highest BCUT2D eigenvalue weighted by Gasteiger charge is 2.20. The predicted molar refractivity (Wildman–Crippen MR) is 127 cm³/mol. The Bertz CT molecular complexity index is 741. The molecule has 1 aliphatic carbocycles. The lowest BCUT2D eigenvalue weighted by Crippen LogP contribution is -2.44. The molecule has 0 amide bonds.